The first-order valence-corrected chi connectivity index (χ1v) is 9.34. The molecule has 0 aromatic heterocycles. The lowest BCUT2D eigenvalue weighted by atomic mass is 10.0. The van der Waals surface area contributed by atoms with Crippen molar-refractivity contribution in [3.05, 3.63) is 71.8 Å². The Morgan fingerprint density at radius 2 is 1.33 bits per heavy atom. The third-order valence-corrected chi connectivity index (χ3v) is 5.14. The number of ether oxygens (including phenoxy) is 3. The number of esters is 2. The maximum absolute atomic E-state index is 14.2. The number of benzene rings is 2. The van der Waals surface area contributed by atoms with Gasteiger partial charge in [-0.05, 0) is 31.2 Å². The van der Waals surface area contributed by atoms with Crippen LogP contribution in [0.25, 0.3) is 0 Å². The SMILES string of the molecule is C[C@H]1O[C@H](F)[C@H](Br)[C@@H](OC(=O)c2ccccc2)[C@@H]1OC(=O)c1ccccc1. The van der Waals surface area contributed by atoms with E-state index in [0.717, 1.165) is 0 Å². The Labute approximate surface area is 164 Å². The molecule has 3 rings (SSSR count). The summed E-state index contributed by atoms with van der Waals surface area (Å²) in [4.78, 5) is 23.9. The van der Waals surface area contributed by atoms with Crippen LogP contribution in [0, 0.1) is 0 Å². The van der Waals surface area contributed by atoms with Crippen LogP contribution in [0.5, 0.6) is 0 Å². The van der Waals surface area contributed by atoms with Crippen LogP contribution in [-0.2, 0) is 14.2 Å². The zero-order valence-corrected chi connectivity index (χ0v) is 16.0. The number of rotatable bonds is 4. The predicted molar refractivity (Wildman–Crippen MR) is 99.4 cm³/mol. The van der Waals surface area contributed by atoms with Crippen LogP contribution in [0.4, 0.5) is 4.39 Å². The maximum Gasteiger partial charge on any atom is 0.338 e. The molecule has 0 saturated carbocycles. The molecule has 0 radical (unpaired) electrons. The Balaban J connectivity index is 1.80. The number of hydrogen-bond acceptors (Lipinski definition) is 5. The fraction of sp³-hybridized carbons (Fsp3) is 0.300. The molecule has 0 amide bonds. The Hall–Kier alpha value is -2.25. The van der Waals surface area contributed by atoms with E-state index in [9.17, 15) is 14.0 Å². The number of carbonyl (C=O) groups excluding carboxylic acids is 2. The fourth-order valence-electron chi connectivity index (χ4n) is 2.78. The summed E-state index contributed by atoms with van der Waals surface area (Å²) in [5, 5.41) is 0. The summed E-state index contributed by atoms with van der Waals surface area (Å²) >= 11 is 3.17. The van der Waals surface area contributed by atoms with E-state index in [0.29, 0.717) is 11.1 Å². The van der Waals surface area contributed by atoms with Crippen molar-refractivity contribution in [2.75, 3.05) is 0 Å². The summed E-state index contributed by atoms with van der Waals surface area (Å²) in [6.07, 6.45) is -4.53. The van der Waals surface area contributed by atoms with Gasteiger partial charge in [-0.25, -0.2) is 14.0 Å². The van der Waals surface area contributed by atoms with Gasteiger partial charge in [-0.3, -0.25) is 0 Å². The van der Waals surface area contributed by atoms with Gasteiger partial charge in [-0.2, -0.15) is 0 Å². The van der Waals surface area contributed by atoms with Gasteiger partial charge in [-0.1, -0.05) is 52.3 Å². The highest BCUT2D eigenvalue weighted by atomic mass is 79.9. The molecule has 1 aliphatic heterocycles. The van der Waals surface area contributed by atoms with Gasteiger partial charge in [0.15, 0.2) is 12.2 Å². The average Bonchev–Trinajstić information content (AvgIpc) is 2.69. The monoisotopic (exact) mass is 436 g/mol. The lowest BCUT2D eigenvalue weighted by molar-refractivity contribution is -0.194. The minimum absolute atomic E-state index is 0.319. The highest BCUT2D eigenvalue weighted by molar-refractivity contribution is 9.09. The normalized spacial score (nSPS) is 27.6. The zero-order chi connectivity index (χ0) is 19.4. The van der Waals surface area contributed by atoms with Crippen molar-refractivity contribution >= 4 is 27.9 Å². The van der Waals surface area contributed by atoms with E-state index in [1.165, 1.54) is 0 Å². The third-order valence-electron chi connectivity index (χ3n) is 4.20. The Kier molecular flexibility index (Phi) is 6.23. The predicted octanol–water partition coefficient (Wildman–Crippen LogP) is 3.92. The van der Waals surface area contributed by atoms with Crippen LogP contribution >= 0.6 is 15.9 Å². The molecule has 1 fully saturated rings. The first-order valence-electron chi connectivity index (χ1n) is 8.43. The van der Waals surface area contributed by atoms with E-state index in [1.54, 1.807) is 67.6 Å². The quantitative estimate of drug-likeness (QED) is 0.536. The second-order valence-corrected chi connectivity index (χ2v) is 7.17. The lowest BCUT2D eigenvalue weighted by Crippen LogP contribution is -2.56. The second kappa shape index (κ2) is 8.63. The summed E-state index contributed by atoms with van der Waals surface area (Å²) in [5.74, 6) is -1.24. The summed E-state index contributed by atoms with van der Waals surface area (Å²) < 4.78 is 30.4. The van der Waals surface area contributed by atoms with Gasteiger partial charge in [0, 0.05) is 0 Å². The Morgan fingerprint density at radius 3 is 1.81 bits per heavy atom. The molecule has 27 heavy (non-hydrogen) atoms. The van der Waals surface area contributed by atoms with E-state index in [4.69, 9.17) is 14.2 Å². The van der Waals surface area contributed by atoms with Crippen molar-refractivity contribution in [2.24, 2.45) is 0 Å². The number of halogens is 2. The van der Waals surface area contributed by atoms with Crippen molar-refractivity contribution in [3.8, 4) is 0 Å². The van der Waals surface area contributed by atoms with Crippen LogP contribution in [0.2, 0.25) is 0 Å². The van der Waals surface area contributed by atoms with Crippen LogP contribution in [-0.4, -0.2) is 41.4 Å². The molecule has 0 aliphatic carbocycles. The molecule has 1 heterocycles. The molecule has 5 nitrogen and oxygen atoms in total. The molecule has 0 unspecified atom stereocenters. The molecular formula is C20H18BrFO5. The van der Waals surface area contributed by atoms with E-state index >= 15 is 0 Å². The summed E-state index contributed by atoms with van der Waals surface area (Å²) in [7, 11) is 0. The summed E-state index contributed by atoms with van der Waals surface area (Å²) in [6.45, 7) is 1.57. The topological polar surface area (TPSA) is 61.8 Å². The minimum Gasteiger partial charge on any atom is -0.453 e. The minimum atomic E-state index is -1.71. The van der Waals surface area contributed by atoms with Crippen molar-refractivity contribution in [1.29, 1.82) is 0 Å². The van der Waals surface area contributed by atoms with Crippen molar-refractivity contribution < 1.29 is 28.2 Å². The molecule has 0 bridgehead atoms. The van der Waals surface area contributed by atoms with Gasteiger partial charge in [0.25, 0.3) is 0 Å². The fourth-order valence-corrected chi connectivity index (χ4v) is 3.32. The first-order chi connectivity index (χ1) is 13.0. The number of carbonyl (C=O) groups is 2. The summed E-state index contributed by atoms with van der Waals surface area (Å²) in [5.41, 5.74) is 0.659. The highest BCUT2D eigenvalue weighted by Gasteiger charge is 2.48. The molecule has 0 spiro atoms. The van der Waals surface area contributed by atoms with Gasteiger partial charge in [0.2, 0.25) is 6.36 Å². The van der Waals surface area contributed by atoms with E-state index in [1.807, 2.05) is 0 Å². The zero-order valence-electron chi connectivity index (χ0n) is 14.5. The van der Waals surface area contributed by atoms with E-state index < -0.39 is 41.4 Å². The molecule has 2 aromatic rings. The number of hydrogen-bond donors (Lipinski definition) is 0. The maximum atomic E-state index is 14.2. The van der Waals surface area contributed by atoms with Gasteiger partial charge < -0.3 is 14.2 Å². The molecule has 7 heteroatoms. The Bertz CT molecular complexity index is 785. The number of alkyl halides is 2. The van der Waals surface area contributed by atoms with Crippen molar-refractivity contribution in [1.82, 2.24) is 0 Å². The molecule has 1 aliphatic rings. The molecule has 1 saturated heterocycles. The Morgan fingerprint density at radius 1 is 0.889 bits per heavy atom. The smallest absolute Gasteiger partial charge is 0.338 e. The summed E-state index contributed by atoms with van der Waals surface area (Å²) in [6, 6.07) is 16.7. The molecular weight excluding hydrogens is 419 g/mol. The van der Waals surface area contributed by atoms with E-state index in [-0.39, 0.29) is 0 Å². The van der Waals surface area contributed by atoms with Gasteiger partial charge in [0.05, 0.1) is 17.2 Å². The van der Waals surface area contributed by atoms with Crippen LogP contribution in [0.3, 0.4) is 0 Å². The van der Waals surface area contributed by atoms with Crippen LogP contribution < -0.4 is 0 Å². The van der Waals surface area contributed by atoms with Gasteiger partial charge in [-0.15, -0.1) is 0 Å². The lowest BCUT2D eigenvalue weighted by Gasteiger charge is -2.39. The van der Waals surface area contributed by atoms with Crippen molar-refractivity contribution in [2.45, 2.75) is 36.4 Å². The van der Waals surface area contributed by atoms with Crippen LogP contribution in [0.15, 0.2) is 60.7 Å². The van der Waals surface area contributed by atoms with Crippen LogP contribution in [0.1, 0.15) is 27.6 Å². The molecule has 0 N–H and O–H groups in total. The van der Waals surface area contributed by atoms with E-state index in [2.05, 4.69) is 15.9 Å². The molecule has 142 valence electrons. The molecule has 5 atom stereocenters. The largest absolute Gasteiger partial charge is 0.453 e. The van der Waals surface area contributed by atoms with Gasteiger partial charge in [0.1, 0.15) is 4.83 Å². The first kappa shape index (κ1) is 19.5. The van der Waals surface area contributed by atoms with Crippen molar-refractivity contribution in [3.63, 3.8) is 0 Å². The standard InChI is InChI=1S/C20H18BrFO5/c1-12-16(26-19(23)13-8-4-2-5-9-13)17(15(21)18(22)25-12)27-20(24)14-10-6-3-7-11-14/h2-12,15-18H,1H3/t12-,15-,16-,17-,18+/m1/s1. The second-order valence-electron chi connectivity index (χ2n) is 6.11. The average molecular weight is 437 g/mol. The molecule has 2 aromatic carbocycles. The highest BCUT2D eigenvalue weighted by Crippen LogP contribution is 2.32. The van der Waals surface area contributed by atoms with Gasteiger partial charge >= 0.3 is 11.9 Å². The third kappa shape index (κ3) is 4.54.